The van der Waals surface area contributed by atoms with Crippen LogP contribution in [0.4, 0.5) is 17.1 Å². The Morgan fingerprint density at radius 3 is 2.13 bits per heavy atom. The molecule has 0 bridgehead atoms. The van der Waals surface area contributed by atoms with Gasteiger partial charge in [0.05, 0.1) is 22.6 Å². The van der Waals surface area contributed by atoms with Crippen molar-refractivity contribution in [2.45, 2.75) is 16.7 Å². The summed E-state index contributed by atoms with van der Waals surface area (Å²) in [5.74, 6) is -0.192. The summed E-state index contributed by atoms with van der Waals surface area (Å²) >= 11 is 0. The number of ether oxygens (including phenoxy) is 1. The summed E-state index contributed by atoms with van der Waals surface area (Å²) in [4.78, 5) is 13.0. The molecule has 9 nitrogen and oxygen atoms in total. The summed E-state index contributed by atoms with van der Waals surface area (Å²) < 4.78 is 61.2. The predicted octanol–water partition coefficient (Wildman–Crippen LogP) is 4.64. The second-order valence-electron chi connectivity index (χ2n) is 8.57. The van der Waals surface area contributed by atoms with Crippen molar-refractivity contribution in [2.24, 2.45) is 0 Å². The van der Waals surface area contributed by atoms with Crippen LogP contribution in [0, 0.1) is 6.92 Å². The first kappa shape index (κ1) is 27.7. The molecule has 0 aliphatic carbocycles. The van der Waals surface area contributed by atoms with Gasteiger partial charge in [0, 0.05) is 17.4 Å². The number of methoxy groups -OCH3 is 1. The number of anilines is 3. The van der Waals surface area contributed by atoms with Crippen LogP contribution in [-0.2, 0) is 24.8 Å². The molecule has 1 amide bonds. The Morgan fingerprint density at radius 1 is 0.769 bits per heavy atom. The molecule has 0 heterocycles. The van der Waals surface area contributed by atoms with E-state index in [9.17, 15) is 21.6 Å². The molecule has 11 heteroatoms. The first-order valence-corrected chi connectivity index (χ1v) is 14.7. The third kappa shape index (κ3) is 6.75. The molecule has 0 spiro atoms. The second kappa shape index (κ2) is 11.6. The van der Waals surface area contributed by atoms with Gasteiger partial charge in [0.15, 0.2) is 0 Å². The lowest BCUT2D eigenvalue weighted by atomic mass is 10.2. The van der Waals surface area contributed by atoms with Gasteiger partial charge in [0.25, 0.3) is 20.0 Å². The van der Waals surface area contributed by atoms with Crippen LogP contribution in [0.15, 0.2) is 113 Å². The minimum absolute atomic E-state index is 0.00617. The number of nitrogens with one attached hydrogen (secondary N) is 2. The van der Waals surface area contributed by atoms with Gasteiger partial charge in [-0.1, -0.05) is 36.4 Å². The maximum Gasteiger partial charge on any atom is 0.264 e. The largest absolute Gasteiger partial charge is 0.497 e. The van der Waals surface area contributed by atoms with E-state index in [4.69, 9.17) is 4.74 Å². The molecular formula is C28H27N3O6S2. The molecule has 0 atom stereocenters. The van der Waals surface area contributed by atoms with E-state index < -0.39 is 32.5 Å². The molecule has 4 aromatic rings. The maximum atomic E-state index is 13.5. The van der Waals surface area contributed by atoms with Crippen LogP contribution >= 0.6 is 0 Å². The molecular weight excluding hydrogens is 538 g/mol. The van der Waals surface area contributed by atoms with E-state index in [1.165, 1.54) is 49.6 Å². The van der Waals surface area contributed by atoms with Gasteiger partial charge in [-0.15, -0.1) is 0 Å². The highest BCUT2D eigenvalue weighted by atomic mass is 32.2. The lowest BCUT2D eigenvalue weighted by Gasteiger charge is -2.24. The molecule has 4 aromatic carbocycles. The van der Waals surface area contributed by atoms with Crippen LogP contribution in [0.3, 0.4) is 0 Å². The zero-order valence-corrected chi connectivity index (χ0v) is 22.9. The first-order chi connectivity index (χ1) is 18.6. The Morgan fingerprint density at radius 2 is 1.46 bits per heavy atom. The minimum Gasteiger partial charge on any atom is -0.497 e. The number of rotatable bonds is 10. The van der Waals surface area contributed by atoms with Crippen LogP contribution < -0.4 is 19.1 Å². The zero-order chi connectivity index (χ0) is 28.0. The number of nitrogens with zero attached hydrogens (tertiary/aromatic N) is 1. The van der Waals surface area contributed by atoms with Gasteiger partial charge >= 0.3 is 0 Å². The van der Waals surface area contributed by atoms with Crippen molar-refractivity contribution in [2.75, 3.05) is 28.0 Å². The Kier molecular flexibility index (Phi) is 8.22. The number of benzene rings is 4. The third-order valence-corrected chi connectivity index (χ3v) is 8.86. The smallest absolute Gasteiger partial charge is 0.264 e. The molecule has 0 aliphatic rings. The summed E-state index contributed by atoms with van der Waals surface area (Å²) in [5, 5.41) is 2.64. The Bertz CT molecular complexity index is 1670. The fourth-order valence-electron chi connectivity index (χ4n) is 3.77. The Labute approximate surface area is 228 Å². The lowest BCUT2D eigenvalue weighted by Crippen LogP contribution is -2.38. The number of hydrogen-bond donors (Lipinski definition) is 2. The number of carbonyl (C=O) groups is 1. The summed E-state index contributed by atoms with van der Waals surface area (Å²) in [6.45, 7) is 1.33. The zero-order valence-electron chi connectivity index (χ0n) is 21.2. The third-order valence-electron chi connectivity index (χ3n) is 5.68. The van der Waals surface area contributed by atoms with Crippen molar-refractivity contribution in [3.8, 4) is 5.75 Å². The Hall–Kier alpha value is -4.35. The van der Waals surface area contributed by atoms with E-state index in [0.717, 1.165) is 9.87 Å². The molecule has 0 unspecified atom stereocenters. The number of hydrogen-bond acceptors (Lipinski definition) is 6. The molecule has 39 heavy (non-hydrogen) atoms. The summed E-state index contributed by atoms with van der Waals surface area (Å²) in [7, 11) is -6.48. The SMILES string of the molecule is COc1cccc(N(CC(=O)Nc2ccc(S(=O)(=O)Nc3cccc(C)c3)cc2)S(=O)(=O)c2ccccc2)c1. The molecule has 0 fully saturated rings. The number of sulfonamides is 2. The normalized spacial score (nSPS) is 11.4. The molecule has 0 radical (unpaired) electrons. The van der Waals surface area contributed by atoms with Crippen molar-refractivity contribution < 1.29 is 26.4 Å². The van der Waals surface area contributed by atoms with Crippen LogP contribution in [-0.4, -0.2) is 36.4 Å². The Balaban J connectivity index is 1.53. The van der Waals surface area contributed by atoms with Gasteiger partial charge in [0.2, 0.25) is 5.91 Å². The van der Waals surface area contributed by atoms with Gasteiger partial charge in [-0.2, -0.15) is 0 Å². The molecule has 0 aliphatic heterocycles. The number of amides is 1. The minimum atomic E-state index is -4.10. The second-order valence-corrected chi connectivity index (χ2v) is 12.1. The average molecular weight is 566 g/mol. The highest BCUT2D eigenvalue weighted by Crippen LogP contribution is 2.27. The van der Waals surface area contributed by atoms with Crippen molar-refractivity contribution >= 4 is 43.0 Å². The summed E-state index contributed by atoms with van der Waals surface area (Å²) in [6, 6.07) is 26.7. The van der Waals surface area contributed by atoms with E-state index in [1.54, 1.807) is 54.6 Å². The van der Waals surface area contributed by atoms with E-state index in [1.807, 2.05) is 13.0 Å². The van der Waals surface area contributed by atoms with Crippen molar-refractivity contribution in [3.63, 3.8) is 0 Å². The molecule has 0 saturated carbocycles. The number of carbonyl (C=O) groups excluding carboxylic acids is 1. The fourth-order valence-corrected chi connectivity index (χ4v) is 6.25. The monoisotopic (exact) mass is 565 g/mol. The van der Waals surface area contributed by atoms with Gasteiger partial charge < -0.3 is 10.1 Å². The topological polar surface area (TPSA) is 122 Å². The lowest BCUT2D eigenvalue weighted by molar-refractivity contribution is -0.114. The van der Waals surface area contributed by atoms with Crippen LogP contribution in [0.5, 0.6) is 5.75 Å². The molecule has 202 valence electrons. The van der Waals surface area contributed by atoms with Gasteiger partial charge in [-0.3, -0.25) is 13.8 Å². The van der Waals surface area contributed by atoms with Gasteiger partial charge in [0.1, 0.15) is 12.3 Å². The van der Waals surface area contributed by atoms with Crippen molar-refractivity contribution in [3.05, 3.63) is 109 Å². The molecule has 0 saturated heterocycles. The fraction of sp³-hybridized carbons (Fsp3) is 0.107. The van der Waals surface area contributed by atoms with Gasteiger partial charge in [-0.05, 0) is 73.2 Å². The van der Waals surface area contributed by atoms with E-state index in [-0.39, 0.29) is 15.5 Å². The predicted molar refractivity (Wildman–Crippen MR) is 151 cm³/mol. The number of aryl methyl sites for hydroxylation is 1. The van der Waals surface area contributed by atoms with Crippen LogP contribution in [0.1, 0.15) is 5.56 Å². The van der Waals surface area contributed by atoms with E-state index in [0.29, 0.717) is 17.1 Å². The quantitative estimate of drug-likeness (QED) is 0.289. The first-order valence-electron chi connectivity index (χ1n) is 11.8. The molecule has 4 rings (SSSR count). The summed E-state index contributed by atoms with van der Waals surface area (Å²) in [5.41, 5.74) is 1.89. The standard InChI is InChI=1S/C28H27N3O6S2/c1-21-8-6-9-23(18-21)30-38(33,34)26-16-14-22(15-17-26)29-28(32)20-31(24-10-7-11-25(19-24)37-2)39(35,36)27-12-4-3-5-13-27/h3-19,30H,20H2,1-2H3,(H,29,32). The summed E-state index contributed by atoms with van der Waals surface area (Å²) in [6.07, 6.45) is 0. The molecule has 0 aromatic heterocycles. The maximum absolute atomic E-state index is 13.5. The van der Waals surface area contributed by atoms with Crippen molar-refractivity contribution in [1.82, 2.24) is 0 Å². The van der Waals surface area contributed by atoms with Crippen LogP contribution in [0.2, 0.25) is 0 Å². The van der Waals surface area contributed by atoms with Gasteiger partial charge in [-0.25, -0.2) is 16.8 Å². The van der Waals surface area contributed by atoms with E-state index in [2.05, 4.69) is 10.0 Å². The van der Waals surface area contributed by atoms with E-state index >= 15 is 0 Å². The average Bonchev–Trinajstić information content (AvgIpc) is 2.92. The van der Waals surface area contributed by atoms with Crippen molar-refractivity contribution in [1.29, 1.82) is 0 Å². The molecule has 2 N–H and O–H groups in total. The van der Waals surface area contributed by atoms with Crippen LogP contribution in [0.25, 0.3) is 0 Å². The highest BCUT2D eigenvalue weighted by molar-refractivity contribution is 7.93. The highest BCUT2D eigenvalue weighted by Gasteiger charge is 2.27.